The lowest BCUT2D eigenvalue weighted by Gasteiger charge is -2.14. The van der Waals surface area contributed by atoms with Crippen LogP contribution in [0, 0.1) is 0 Å². The second-order valence-electron chi connectivity index (χ2n) is 6.12. The van der Waals surface area contributed by atoms with Gasteiger partial charge >= 0.3 is 0 Å². The first-order valence-electron chi connectivity index (χ1n) is 8.14. The Morgan fingerprint density at radius 3 is 2.18 bits per heavy atom. The quantitative estimate of drug-likeness (QED) is 0.485. The average Bonchev–Trinajstić information content (AvgIpc) is 2.61. The molecule has 0 amide bonds. The first kappa shape index (κ1) is 19.8. The molecule has 3 aromatic carbocycles. The van der Waals surface area contributed by atoms with Gasteiger partial charge in [-0.15, -0.1) is 0 Å². The molecule has 0 bridgehead atoms. The van der Waals surface area contributed by atoms with Crippen LogP contribution in [0.3, 0.4) is 0 Å². The number of aromatic hydroxyl groups is 1. The molecule has 0 atom stereocenters. The zero-order valence-corrected chi connectivity index (χ0v) is 16.7. The summed E-state index contributed by atoms with van der Waals surface area (Å²) in [5.74, 6) is -0.466. The summed E-state index contributed by atoms with van der Waals surface area (Å²) >= 11 is 0. The standard InChI is InChI=1S/C18H19N3O5S2/c1-19-12-5-3-6-13(11-12)20-28(25,26)17-10-9-14-15(18(17)22)7-4-8-16(14)21-27(2,23)24/h3-11,19-22H,1-2H3. The Morgan fingerprint density at radius 1 is 0.821 bits per heavy atom. The van der Waals surface area contributed by atoms with E-state index in [2.05, 4.69) is 14.8 Å². The Hall–Kier alpha value is -2.98. The maximum atomic E-state index is 12.8. The Bertz CT molecular complexity index is 1260. The third kappa shape index (κ3) is 4.12. The van der Waals surface area contributed by atoms with Crippen molar-refractivity contribution in [2.45, 2.75) is 4.90 Å². The minimum absolute atomic E-state index is 0.209. The summed E-state index contributed by atoms with van der Waals surface area (Å²) in [5, 5.41) is 14.1. The van der Waals surface area contributed by atoms with Crippen molar-refractivity contribution >= 4 is 47.9 Å². The van der Waals surface area contributed by atoms with Gasteiger partial charge in [0.05, 0.1) is 17.6 Å². The van der Waals surface area contributed by atoms with E-state index in [4.69, 9.17) is 0 Å². The number of benzene rings is 3. The molecule has 0 saturated heterocycles. The van der Waals surface area contributed by atoms with Crippen molar-refractivity contribution in [2.75, 3.05) is 28.1 Å². The Balaban J connectivity index is 2.06. The largest absolute Gasteiger partial charge is 0.506 e. The van der Waals surface area contributed by atoms with E-state index in [0.29, 0.717) is 11.1 Å². The highest BCUT2D eigenvalue weighted by molar-refractivity contribution is 7.93. The van der Waals surface area contributed by atoms with Gasteiger partial charge in [-0.1, -0.05) is 24.3 Å². The van der Waals surface area contributed by atoms with Crippen LogP contribution in [0.2, 0.25) is 0 Å². The van der Waals surface area contributed by atoms with Crippen molar-refractivity contribution in [1.82, 2.24) is 0 Å². The average molecular weight is 422 g/mol. The van der Waals surface area contributed by atoms with E-state index in [1.54, 1.807) is 31.3 Å². The number of nitrogens with one attached hydrogen (secondary N) is 3. The molecular formula is C18H19N3O5S2. The van der Waals surface area contributed by atoms with Crippen LogP contribution >= 0.6 is 0 Å². The number of rotatable bonds is 6. The van der Waals surface area contributed by atoms with Gasteiger partial charge in [0.2, 0.25) is 10.0 Å². The van der Waals surface area contributed by atoms with Crippen LogP contribution in [0.5, 0.6) is 5.75 Å². The van der Waals surface area contributed by atoms with Crippen LogP contribution in [0.1, 0.15) is 0 Å². The van der Waals surface area contributed by atoms with E-state index in [9.17, 15) is 21.9 Å². The van der Waals surface area contributed by atoms with Crippen LogP contribution in [-0.2, 0) is 20.0 Å². The maximum absolute atomic E-state index is 12.8. The van der Waals surface area contributed by atoms with Crippen molar-refractivity contribution in [1.29, 1.82) is 0 Å². The molecule has 0 radical (unpaired) electrons. The minimum Gasteiger partial charge on any atom is -0.506 e. The molecule has 0 spiro atoms. The smallest absolute Gasteiger partial charge is 0.265 e. The molecule has 0 aromatic heterocycles. The molecule has 0 fully saturated rings. The fourth-order valence-corrected chi connectivity index (χ4v) is 4.51. The third-order valence-corrected chi connectivity index (χ3v) is 5.99. The number of phenolic OH excluding ortho intramolecular Hbond substituents is 1. The summed E-state index contributed by atoms with van der Waals surface area (Å²) in [5.41, 5.74) is 1.30. The van der Waals surface area contributed by atoms with Crippen molar-refractivity contribution < 1.29 is 21.9 Å². The third-order valence-electron chi connectivity index (χ3n) is 3.98. The zero-order valence-electron chi connectivity index (χ0n) is 15.1. The summed E-state index contributed by atoms with van der Waals surface area (Å²) in [6.07, 6.45) is 1.01. The monoisotopic (exact) mass is 421 g/mol. The number of hydrogen-bond donors (Lipinski definition) is 4. The Kier molecular flexibility index (Phi) is 5.09. The molecule has 0 aliphatic rings. The predicted molar refractivity (Wildman–Crippen MR) is 111 cm³/mol. The van der Waals surface area contributed by atoms with Gasteiger partial charge in [0.25, 0.3) is 10.0 Å². The van der Waals surface area contributed by atoms with Gasteiger partial charge in [-0.3, -0.25) is 9.44 Å². The highest BCUT2D eigenvalue weighted by Crippen LogP contribution is 2.36. The molecule has 4 N–H and O–H groups in total. The Labute approximate surface area is 163 Å². The van der Waals surface area contributed by atoms with Crippen molar-refractivity contribution in [3.05, 3.63) is 54.6 Å². The van der Waals surface area contributed by atoms with Crippen molar-refractivity contribution in [3.63, 3.8) is 0 Å². The highest BCUT2D eigenvalue weighted by atomic mass is 32.2. The lowest BCUT2D eigenvalue weighted by Crippen LogP contribution is -2.13. The van der Waals surface area contributed by atoms with E-state index >= 15 is 0 Å². The molecule has 3 rings (SSSR count). The number of phenols is 1. The SMILES string of the molecule is CNc1cccc(NS(=O)(=O)c2ccc3c(NS(C)(=O)=O)cccc3c2O)c1. The number of fused-ring (bicyclic) bond motifs is 1. The lowest BCUT2D eigenvalue weighted by atomic mass is 10.1. The van der Waals surface area contributed by atoms with E-state index in [1.165, 1.54) is 30.3 Å². The first-order valence-corrected chi connectivity index (χ1v) is 11.5. The topological polar surface area (TPSA) is 125 Å². The number of anilines is 3. The normalized spacial score (nSPS) is 11.9. The maximum Gasteiger partial charge on any atom is 0.265 e. The Morgan fingerprint density at radius 2 is 1.50 bits per heavy atom. The van der Waals surface area contributed by atoms with Crippen LogP contribution in [0.4, 0.5) is 17.1 Å². The summed E-state index contributed by atoms with van der Waals surface area (Å²) in [6, 6.07) is 13.9. The molecule has 0 heterocycles. The fraction of sp³-hybridized carbons (Fsp3) is 0.111. The molecule has 0 unspecified atom stereocenters. The number of sulfonamides is 2. The molecule has 0 aliphatic carbocycles. The van der Waals surface area contributed by atoms with Gasteiger partial charge in [-0.25, -0.2) is 16.8 Å². The van der Waals surface area contributed by atoms with Gasteiger partial charge < -0.3 is 10.4 Å². The van der Waals surface area contributed by atoms with E-state index in [0.717, 1.165) is 11.9 Å². The molecule has 3 aromatic rings. The predicted octanol–water partition coefficient (Wildman–Crippen LogP) is 2.76. The summed E-state index contributed by atoms with van der Waals surface area (Å²) in [6.45, 7) is 0. The van der Waals surface area contributed by atoms with Crippen LogP contribution < -0.4 is 14.8 Å². The van der Waals surface area contributed by atoms with Gasteiger partial charge in [-0.05, 0) is 30.3 Å². The highest BCUT2D eigenvalue weighted by Gasteiger charge is 2.21. The minimum atomic E-state index is -4.07. The molecule has 10 heteroatoms. The van der Waals surface area contributed by atoms with Gasteiger partial charge in [-0.2, -0.15) is 0 Å². The van der Waals surface area contributed by atoms with E-state index in [-0.39, 0.29) is 16.0 Å². The molecular weight excluding hydrogens is 402 g/mol. The molecule has 8 nitrogen and oxygen atoms in total. The summed E-state index contributed by atoms with van der Waals surface area (Å²) < 4.78 is 53.4. The van der Waals surface area contributed by atoms with Crippen LogP contribution in [-0.4, -0.2) is 35.2 Å². The second-order valence-corrected chi connectivity index (χ2v) is 9.52. The fourth-order valence-electron chi connectivity index (χ4n) is 2.78. The van der Waals surface area contributed by atoms with E-state index < -0.39 is 25.8 Å². The second kappa shape index (κ2) is 7.21. The molecule has 0 saturated carbocycles. The summed E-state index contributed by atoms with van der Waals surface area (Å²) in [7, 11) is -5.90. The van der Waals surface area contributed by atoms with Crippen molar-refractivity contribution in [2.24, 2.45) is 0 Å². The van der Waals surface area contributed by atoms with Gasteiger partial charge in [0.15, 0.2) is 0 Å². The lowest BCUT2D eigenvalue weighted by molar-refractivity contribution is 0.465. The summed E-state index contributed by atoms with van der Waals surface area (Å²) in [4.78, 5) is -0.314. The molecule has 0 aliphatic heterocycles. The van der Waals surface area contributed by atoms with Gasteiger partial charge in [0, 0.05) is 23.5 Å². The zero-order chi connectivity index (χ0) is 20.5. The molecule has 28 heavy (non-hydrogen) atoms. The van der Waals surface area contributed by atoms with Crippen LogP contribution in [0.25, 0.3) is 10.8 Å². The number of hydrogen-bond acceptors (Lipinski definition) is 6. The molecule has 148 valence electrons. The van der Waals surface area contributed by atoms with Crippen molar-refractivity contribution in [3.8, 4) is 5.75 Å². The van der Waals surface area contributed by atoms with Crippen LogP contribution in [0.15, 0.2) is 59.5 Å². The van der Waals surface area contributed by atoms with E-state index in [1.807, 2.05) is 0 Å². The first-order chi connectivity index (χ1) is 13.1. The van der Waals surface area contributed by atoms with Gasteiger partial charge in [0.1, 0.15) is 10.6 Å².